The summed E-state index contributed by atoms with van der Waals surface area (Å²) in [4.78, 5) is 4.07. The molecule has 0 aromatic carbocycles. The molecule has 0 aliphatic heterocycles. The summed E-state index contributed by atoms with van der Waals surface area (Å²) in [6.45, 7) is 3.32. The van der Waals surface area contributed by atoms with E-state index in [0.717, 1.165) is 0 Å². The molecule has 112 valence electrons. The first-order chi connectivity index (χ1) is 9.33. The summed E-state index contributed by atoms with van der Waals surface area (Å²) in [5.41, 5.74) is 5.13. The summed E-state index contributed by atoms with van der Waals surface area (Å²) < 4.78 is 26.6. The Kier molecular flexibility index (Phi) is 5.46. The molecule has 1 aromatic rings. The number of oxime groups is 1. The molecule has 0 radical (unpaired) electrons. The molecule has 4 N–H and O–H groups in total. The molecular formula is C12H20N4O3S. The van der Waals surface area contributed by atoms with Crippen molar-refractivity contribution in [2.45, 2.75) is 32.2 Å². The van der Waals surface area contributed by atoms with Crippen molar-refractivity contribution in [1.29, 1.82) is 0 Å². The van der Waals surface area contributed by atoms with Gasteiger partial charge in [0.2, 0.25) is 10.0 Å². The maximum absolute atomic E-state index is 12.1. The smallest absolute Gasteiger partial charge is 0.212 e. The summed E-state index contributed by atoms with van der Waals surface area (Å²) in [5, 5.41) is 11.6. The van der Waals surface area contributed by atoms with E-state index >= 15 is 0 Å². The van der Waals surface area contributed by atoms with Crippen molar-refractivity contribution in [1.82, 2.24) is 9.71 Å². The van der Waals surface area contributed by atoms with Gasteiger partial charge in [-0.3, -0.25) is 4.98 Å². The van der Waals surface area contributed by atoms with E-state index in [0.29, 0.717) is 18.5 Å². The molecular weight excluding hydrogens is 280 g/mol. The highest BCUT2D eigenvalue weighted by atomic mass is 32.2. The normalized spacial score (nSPS) is 15.8. The van der Waals surface area contributed by atoms with Gasteiger partial charge in [-0.25, -0.2) is 13.1 Å². The molecule has 1 unspecified atom stereocenters. The van der Waals surface area contributed by atoms with Gasteiger partial charge in [0.15, 0.2) is 5.84 Å². The minimum atomic E-state index is -3.57. The van der Waals surface area contributed by atoms with Gasteiger partial charge in [0, 0.05) is 18.3 Å². The molecule has 0 amide bonds. The van der Waals surface area contributed by atoms with Gasteiger partial charge in [0.05, 0.1) is 11.3 Å². The lowest BCUT2D eigenvalue weighted by Crippen LogP contribution is -2.55. The molecule has 0 aliphatic rings. The summed E-state index contributed by atoms with van der Waals surface area (Å²) in [6.07, 6.45) is 2.28. The maximum Gasteiger partial charge on any atom is 0.212 e. The molecule has 0 aliphatic carbocycles. The summed E-state index contributed by atoms with van der Waals surface area (Å²) >= 11 is 0. The summed E-state index contributed by atoms with van der Waals surface area (Å²) in [6, 6.07) is 5.33. The van der Waals surface area contributed by atoms with E-state index in [1.54, 1.807) is 38.2 Å². The van der Waals surface area contributed by atoms with Crippen LogP contribution in [0.2, 0.25) is 0 Å². The first-order valence-electron chi connectivity index (χ1n) is 6.22. The molecule has 1 heterocycles. The Morgan fingerprint density at radius 1 is 1.55 bits per heavy atom. The Hall–Kier alpha value is -1.67. The number of aryl methyl sites for hydroxylation is 1. The molecule has 20 heavy (non-hydrogen) atoms. The lowest BCUT2D eigenvalue weighted by molar-refractivity contribution is 0.310. The van der Waals surface area contributed by atoms with Crippen LogP contribution in [0.15, 0.2) is 29.6 Å². The highest BCUT2D eigenvalue weighted by molar-refractivity contribution is 7.89. The van der Waals surface area contributed by atoms with Crippen molar-refractivity contribution in [2.75, 3.05) is 5.75 Å². The second-order valence-corrected chi connectivity index (χ2v) is 6.50. The van der Waals surface area contributed by atoms with Crippen LogP contribution in [0.1, 0.15) is 26.0 Å². The fourth-order valence-corrected chi connectivity index (χ4v) is 3.11. The van der Waals surface area contributed by atoms with Crippen molar-refractivity contribution in [2.24, 2.45) is 10.9 Å². The van der Waals surface area contributed by atoms with E-state index in [-0.39, 0.29) is 11.6 Å². The SMILES string of the molecule is CCC(C)(NS(=O)(=O)CCc1ccccn1)/C(N)=N/O. The third-order valence-corrected chi connectivity index (χ3v) is 4.62. The molecule has 0 bridgehead atoms. The molecule has 7 nitrogen and oxygen atoms in total. The van der Waals surface area contributed by atoms with Gasteiger partial charge in [0.1, 0.15) is 0 Å². The van der Waals surface area contributed by atoms with Crippen LogP contribution >= 0.6 is 0 Å². The van der Waals surface area contributed by atoms with Gasteiger partial charge in [0.25, 0.3) is 0 Å². The van der Waals surface area contributed by atoms with Gasteiger partial charge in [-0.2, -0.15) is 0 Å². The van der Waals surface area contributed by atoms with E-state index < -0.39 is 15.6 Å². The number of nitrogens with one attached hydrogen (secondary N) is 1. The van der Waals surface area contributed by atoms with Crippen LogP contribution in [0.4, 0.5) is 0 Å². The lowest BCUT2D eigenvalue weighted by Gasteiger charge is -2.27. The number of pyridine rings is 1. The molecule has 0 spiro atoms. The van der Waals surface area contributed by atoms with E-state index in [2.05, 4.69) is 14.9 Å². The van der Waals surface area contributed by atoms with Crippen LogP contribution in [0.25, 0.3) is 0 Å². The van der Waals surface area contributed by atoms with Gasteiger partial charge >= 0.3 is 0 Å². The summed E-state index contributed by atoms with van der Waals surface area (Å²) in [7, 11) is -3.57. The second-order valence-electron chi connectivity index (χ2n) is 4.66. The van der Waals surface area contributed by atoms with Crippen molar-refractivity contribution in [3.8, 4) is 0 Å². The average Bonchev–Trinajstić information content (AvgIpc) is 2.45. The van der Waals surface area contributed by atoms with Crippen LogP contribution in [0.5, 0.6) is 0 Å². The van der Waals surface area contributed by atoms with E-state index in [4.69, 9.17) is 10.9 Å². The Bertz CT molecular complexity index is 559. The van der Waals surface area contributed by atoms with Crippen LogP contribution in [-0.4, -0.2) is 35.7 Å². The zero-order chi connectivity index (χ0) is 15.2. The molecule has 1 rings (SSSR count). The number of hydrogen-bond donors (Lipinski definition) is 3. The Balaban J connectivity index is 2.75. The third kappa shape index (κ3) is 4.46. The van der Waals surface area contributed by atoms with Crippen molar-refractivity contribution in [3.05, 3.63) is 30.1 Å². The quantitative estimate of drug-likeness (QED) is 0.292. The third-order valence-electron chi connectivity index (χ3n) is 3.11. The Labute approximate surface area is 118 Å². The first-order valence-corrected chi connectivity index (χ1v) is 7.88. The largest absolute Gasteiger partial charge is 0.409 e. The lowest BCUT2D eigenvalue weighted by atomic mass is 10.00. The number of nitrogens with zero attached hydrogens (tertiary/aromatic N) is 2. The zero-order valence-electron chi connectivity index (χ0n) is 11.6. The number of rotatable bonds is 7. The number of amidine groups is 1. The molecule has 0 saturated carbocycles. The van der Waals surface area contributed by atoms with Gasteiger partial charge in [-0.15, -0.1) is 0 Å². The molecule has 8 heteroatoms. The summed E-state index contributed by atoms with van der Waals surface area (Å²) in [5.74, 6) is -0.278. The Morgan fingerprint density at radius 3 is 2.75 bits per heavy atom. The average molecular weight is 300 g/mol. The van der Waals surface area contributed by atoms with Crippen molar-refractivity contribution >= 4 is 15.9 Å². The van der Waals surface area contributed by atoms with E-state index in [1.807, 2.05) is 0 Å². The predicted molar refractivity (Wildman–Crippen MR) is 77.0 cm³/mol. The highest BCUT2D eigenvalue weighted by Crippen LogP contribution is 2.12. The van der Waals surface area contributed by atoms with Crippen LogP contribution in [-0.2, 0) is 16.4 Å². The minimum absolute atomic E-state index is 0.113. The molecule has 0 fully saturated rings. The fourth-order valence-electron chi connectivity index (χ4n) is 1.60. The maximum atomic E-state index is 12.1. The fraction of sp³-hybridized carbons (Fsp3) is 0.500. The predicted octanol–water partition coefficient (Wildman–Crippen LogP) is 0.459. The van der Waals surface area contributed by atoms with Gasteiger partial charge in [-0.1, -0.05) is 18.1 Å². The van der Waals surface area contributed by atoms with E-state index in [1.165, 1.54) is 0 Å². The van der Waals surface area contributed by atoms with E-state index in [9.17, 15) is 8.42 Å². The zero-order valence-corrected chi connectivity index (χ0v) is 12.4. The standard InChI is InChI=1S/C12H20N4O3S/c1-3-12(2,11(13)15-17)16-20(18,19)9-7-10-6-4-5-8-14-10/h4-6,8,16-17H,3,7,9H2,1-2H3,(H2,13,15). The molecule has 1 atom stereocenters. The van der Waals surface area contributed by atoms with Crippen molar-refractivity contribution < 1.29 is 13.6 Å². The van der Waals surface area contributed by atoms with Crippen LogP contribution in [0, 0.1) is 0 Å². The number of nitrogens with two attached hydrogens (primary N) is 1. The topological polar surface area (TPSA) is 118 Å². The first kappa shape index (κ1) is 16.4. The molecule has 1 aromatic heterocycles. The Morgan fingerprint density at radius 2 is 2.25 bits per heavy atom. The van der Waals surface area contributed by atoms with Crippen molar-refractivity contribution in [3.63, 3.8) is 0 Å². The number of hydrogen-bond acceptors (Lipinski definition) is 5. The number of aromatic nitrogens is 1. The van der Waals surface area contributed by atoms with Gasteiger partial charge in [-0.05, 0) is 25.5 Å². The van der Waals surface area contributed by atoms with Gasteiger partial charge < -0.3 is 10.9 Å². The molecule has 0 saturated heterocycles. The highest BCUT2D eigenvalue weighted by Gasteiger charge is 2.32. The monoisotopic (exact) mass is 300 g/mol. The number of sulfonamides is 1. The second kappa shape index (κ2) is 6.67. The van der Waals surface area contributed by atoms with Crippen LogP contribution < -0.4 is 10.5 Å². The van der Waals surface area contributed by atoms with Crippen LogP contribution in [0.3, 0.4) is 0 Å². The minimum Gasteiger partial charge on any atom is -0.409 e.